The van der Waals surface area contributed by atoms with Gasteiger partial charge in [0.25, 0.3) is 6.01 Å². The van der Waals surface area contributed by atoms with Crippen molar-refractivity contribution < 1.29 is 18.6 Å². The Bertz CT molecular complexity index is 965. The number of anilines is 1. The SMILES string of the molecule is CNC(C1CCN(c2nc3ccccc3o2)CC1)C1COc2cccc(OC)c2O1. The van der Waals surface area contributed by atoms with E-state index >= 15 is 0 Å². The summed E-state index contributed by atoms with van der Waals surface area (Å²) in [6, 6.07) is 14.5. The van der Waals surface area contributed by atoms with Gasteiger partial charge in [0.2, 0.25) is 5.75 Å². The van der Waals surface area contributed by atoms with E-state index in [0.717, 1.165) is 42.8 Å². The van der Waals surface area contributed by atoms with Gasteiger partial charge in [-0.05, 0) is 50.1 Å². The number of hydrogen-bond donors (Lipinski definition) is 1. The molecule has 2 atom stereocenters. The number of nitrogens with one attached hydrogen (secondary N) is 1. The summed E-state index contributed by atoms with van der Waals surface area (Å²) < 4.78 is 23.8. The molecule has 2 aliphatic rings. The molecule has 7 nitrogen and oxygen atoms in total. The van der Waals surface area contributed by atoms with E-state index in [9.17, 15) is 0 Å². The van der Waals surface area contributed by atoms with Crippen molar-refractivity contribution in [2.75, 3.05) is 38.8 Å². The molecule has 2 aromatic carbocycles. The lowest BCUT2D eigenvalue weighted by molar-refractivity contribution is 0.0390. The molecule has 30 heavy (non-hydrogen) atoms. The minimum absolute atomic E-state index is 0.0697. The number of para-hydroxylation sites is 3. The second-order valence-electron chi connectivity index (χ2n) is 7.86. The Labute approximate surface area is 175 Å². The molecule has 1 aromatic heterocycles. The number of benzene rings is 2. The average molecular weight is 409 g/mol. The van der Waals surface area contributed by atoms with Crippen LogP contribution in [0.4, 0.5) is 6.01 Å². The summed E-state index contributed by atoms with van der Waals surface area (Å²) >= 11 is 0. The van der Waals surface area contributed by atoms with Crippen LogP contribution < -0.4 is 24.4 Å². The zero-order chi connectivity index (χ0) is 20.5. The summed E-state index contributed by atoms with van der Waals surface area (Å²) in [7, 11) is 3.65. The topological polar surface area (TPSA) is 69.0 Å². The first-order valence-electron chi connectivity index (χ1n) is 10.5. The van der Waals surface area contributed by atoms with Gasteiger partial charge < -0.3 is 28.8 Å². The lowest BCUT2D eigenvalue weighted by Crippen LogP contribution is -2.53. The Morgan fingerprint density at radius 2 is 1.97 bits per heavy atom. The first kappa shape index (κ1) is 19.1. The highest BCUT2D eigenvalue weighted by Crippen LogP contribution is 2.41. The molecule has 3 heterocycles. The van der Waals surface area contributed by atoms with E-state index in [0.29, 0.717) is 30.0 Å². The summed E-state index contributed by atoms with van der Waals surface area (Å²) in [5.41, 5.74) is 1.74. The Kier molecular flexibility index (Phi) is 5.12. The molecule has 3 aromatic rings. The van der Waals surface area contributed by atoms with Crippen LogP contribution in [0.15, 0.2) is 46.9 Å². The highest BCUT2D eigenvalue weighted by atomic mass is 16.6. The van der Waals surface area contributed by atoms with Crippen molar-refractivity contribution in [2.45, 2.75) is 25.0 Å². The van der Waals surface area contributed by atoms with Crippen LogP contribution in [0.3, 0.4) is 0 Å². The Hall–Kier alpha value is -2.93. The molecule has 0 bridgehead atoms. The van der Waals surface area contributed by atoms with E-state index in [2.05, 4.69) is 15.2 Å². The lowest BCUT2D eigenvalue weighted by atomic mass is 9.86. The number of piperidine rings is 1. The third-order valence-electron chi connectivity index (χ3n) is 6.17. The van der Waals surface area contributed by atoms with Gasteiger partial charge in [-0.1, -0.05) is 18.2 Å². The van der Waals surface area contributed by atoms with Crippen LogP contribution in [-0.4, -0.2) is 51.0 Å². The Morgan fingerprint density at radius 1 is 1.13 bits per heavy atom. The maximum atomic E-state index is 6.35. The third kappa shape index (κ3) is 3.43. The fraction of sp³-hybridized carbons (Fsp3) is 0.435. The van der Waals surface area contributed by atoms with Crippen LogP contribution in [0.1, 0.15) is 12.8 Å². The van der Waals surface area contributed by atoms with E-state index in [4.69, 9.17) is 18.6 Å². The maximum Gasteiger partial charge on any atom is 0.298 e. The largest absolute Gasteiger partial charge is 0.493 e. The van der Waals surface area contributed by atoms with E-state index in [-0.39, 0.29) is 12.1 Å². The molecule has 5 rings (SSSR count). The summed E-state index contributed by atoms with van der Waals surface area (Å²) in [6.45, 7) is 2.34. The molecule has 0 spiro atoms. The number of aromatic nitrogens is 1. The third-order valence-corrected chi connectivity index (χ3v) is 6.17. The van der Waals surface area contributed by atoms with Crippen molar-refractivity contribution >= 4 is 17.1 Å². The summed E-state index contributed by atoms with van der Waals surface area (Å²) in [4.78, 5) is 6.88. The van der Waals surface area contributed by atoms with E-state index in [1.165, 1.54) is 0 Å². The van der Waals surface area contributed by atoms with Crippen molar-refractivity contribution in [2.24, 2.45) is 5.92 Å². The molecule has 0 radical (unpaired) electrons. The molecular weight excluding hydrogens is 382 g/mol. The molecule has 7 heteroatoms. The molecule has 1 N–H and O–H groups in total. The zero-order valence-corrected chi connectivity index (χ0v) is 17.3. The van der Waals surface area contributed by atoms with Gasteiger partial charge in [-0.3, -0.25) is 0 Å². The van der Waals surface area contributed by atoms with Gasteiger partial charge in [0, 0.05) is 13.1 Å². The van der Waals surface area contributed by atoms with Gasteiger partial charge in [-0.25, -0.2) is 0 Å². The second-order valence-corrected chi connectivity index (χ2v) is 7.86. The molecule has 1 fully saturated rings. The van der Waals surface area contributed by atoms with E-state index in [1.54, 1.807) is 7.11 Å². The van der Waals surface area contributed by atoms with Crippen molar-refractivity contribution in [1.29, 1.82) is 0 Å². The first-order valence-corrected chi connectivity index (χ1v) is 10.5. The summed E-state index contributed by atoms with van der Waals surface area (Å²) in [5, 5.41) is 3.48. The van der Waals surface area contributed by atoms with Gasteiger partial charge in [-0.2, -0.15) is 4.98 Å². The zero-order valence-electron chi connectivity index (χ0n) is 17.3. The predicted molar refractivity (Wildman–Crippen MR) is 115 cm³/mol. The molecule has 0 aliphatic carbocycles. The molecule has 158 valence electrons. The maximum absolute atomic E-state index is 6.35. The number of fused-ring (bicyclic) bond motifs is 2. The van der Waals surface area contributed by atoms with Crippen LogP contribution in [0.5, 0.6) is 17.2 Å². The molecule has 2 unspecified atom stereocenters. The summed E-state index contributed by atoms with van der Waals surface area (Å²) in [6.07, 6.45) is 1.99. The predicted octanol–water partition coefficient (Wildman–Crippen LogP) is 3.48. The van der Waals surface area contributed by atoms with Crippen LogP contribution in [0.2, 0.25) is 0 Å². The van der Waals surface area contributed by atoms with Crippen molar-refractivity contribution in [3.63, 3.8) is 0 Å². The minimum Gasteiger partial charge on any atom is -0.493 e. The fourth-order valence-electron chi connectivity index (χ4n) is 4.59. The molecule has 2 aliphatic heterocycles. The Morgan fingerprint density at radius 3 is 2.73 bits per heavy atom. The lowest BCUT2D eigenvalue weighted by Gasteiger charge is -2.40. The van der Waals surface area contributed by atoms with Crippen molar-refractivity contribution in [3.8, 4) is 17.2 Å². The first-order chi connectivity index (χ1) is 14.8. The quantitative estimate of drug-likeness (QED) is 0.692. The summed E-state index contributed by atoms with van der Waals surface area (Å²) in [5.74, 6) is 2.62. The van der Waals surface area contributed by atoms with Gasteiger partial charge in [0.15, 0.2) is 17.1 Å². The standard InChI is InChI=1S/C23H27N3O4/c1-24-21(20-14-28-19-9-5-8-18(27-2)22(19)29-20)15-10-12-26(13-11-15)23-25-16-6-3-4-7-17(16)30-23/h3-9,15,20-21,24H,10-14H2,1-2H3. The smallest absolute Gasteiger partial charge is 0.298 e. The number of likely N-dealkylation sites (N-methyl/N-ethyl adjacent to an activating group) is 1. The number of methoxy groups -OCH3 is 1. The molecule has 0 saturated carbocycles. The van der Waals surface area contributed by atoms with Gasteiger partial charge in [0.05, 0.1) is 13.2 Å². The number of hydrogen-bond acceptors (Lipinski definition) is 7. The monoisotopic (exact) mass is 409 g/mol. The van der Waals surface area contributed by atoms with Gasteiger partial charge in [0.1, 0.15) is 18.2 Å². The number of ether oxygens (including phenoxy) is 3. The number of rotatable bonds is 5. The normalized spacial score (nSPS) is 20.3. The van der Waals surface area contributed by atoms with Gasteiger partial charge in [-0.15, -0.1) is 0 Å². The Balaban J connectivity index is 1.26. The van der Waals surface area contributed by atoms with E-state index in [1.807, 2.05) is 49.5 Å². The van der Waals surface area contributed by atoms with Crippen LogP contribution in [0.25, 0.3) is 11.1 Å². The second kappa shape index (κ2) is 8.07. The van der Waals surface area contributed by atoms with Crippen molar-refractivity contribution in [3.05, 3.63) is 42.5 Å². The highest BCUT2D eigenvalue weighted by Gasteiger charge is 2.36. The fourth-order valence-corrected chi connectivity index (χ4v) is 4.59. The van der Waals surface area contributed by atoms with Gasteiger partial charge >= 0.3 is 0 Å². The number of oxazole rings is 1. The van der Waals surface area contributed by atoms with Crippen LogP contribution >= 0.6 is 0 Å². The van der Waals surface area contributed by atoms with Crippen LogP contribution in [0, 0.1) is 5.92 Å². The van der Waals surface area contributed by atoms with Crippen LogP contribution in [-0.2, 0) is 0 Å². The number of nitrogens with zero attached hydrogens (tertiary/aromatic N) is 2. The van der Waals surface area contributed by atoms with Crippen molar-refractivity contribution in [1.82, 2.24) is 10.3 Å². The molecule has 1 saturated heterocycles. The van der Waals surface area contributed by atoms with E-state index < -0.39 is 0 Å². The molecule has 0 amide bonds. The highest BCUT2D eigenvalue weighted by molar-refractivity contribution is 5.74. The molecular formula is C23H27N3O4. The average Bonchev–Trinajstić information content (AvgIpc) is 3.24. The minimum atomic E-state index is -0.0697.